The molecule has 1 aromatic carbocycles. The maximum atomic E-state index is 11.0. The quantitative estimate of drug-likeness (QED) is 0.874. The summed E-state index contributed by atoms with van der Waals surface area (Å²) >= 11 is 6.03. The lowest BCUT2D eigenvalue weighted by atomic mass is 10.2. The molecular weight excluding hydrogens is 254 g/mol. The number of hydrogen-bond acceptors (Lipinski definition) is 3. The van der Waals surface area contributed by atoms with E-state index in [-0.39, 0.29) is 11.4 Å². The fourth-order valence-electron chi connectivity index (χ4n) is 1.72. The molecule has 3 N–H and O–H groups in total. The predicted octanol–water partition coefficient (Wildman–Crippen LogP) is 2.42. The first kappa shape index (κ1) is 12.4. The van der Waals surface area contributed by atoms with Gasteiger partial charge in [-0.15, -0.1) is 0 Å². The standard InChI is InChI=1S/C12H12ClN3O2/c1-6-3-4-8(5-9(6)13)16-11(14)10(12(17)18)7(2)15-16/h3-5H,14H2,1-2H3,(H,17,18). The number of aryl methyl sites for hydroxylation is 2. The summed E-state index contributed by atoms with van der Waals surface area (Å²) in [5.74, 6) is -0.991. The summed E-state index contributed by atoms with van der Waals surface area (Å²) in [5.41, 5.74) is 7.76. The summed E-state index contributed by atoms with van der Waals surface area (Å²) in [4.78, 5) is 11.0. The summed E-state index contributed by atoms with van der Waals surface area (Å²) in [6, 6.07) is 5.32. The van der Waals surface area contributed by atoms with Gasteiger partial charge in [0.2, 0.25) is 0 Å². The van der Waals surface area contributed by atoms with Crippen LogP contribution in [0.15, 0.2) is 18.2 Å². The molecule has 0 unspecified atom stereocenters. The van der Waals surface area contributed by atoms with E-state index in [1.54, 1.807) is 19.1 Å². The van der Waals surface area contributed by atoms with Crippen LogP contribution in [0.3, 0.4) is 0 Å². The second kappa shape index (κ2) is 4.34. The molecule has 0 aliphatic carbocycles. The van der Waals surface area contributed by atoms with Crippen LogP contribution in [-0.2, 0) is 0 Å². The van der Waals surface area contributed by atoms with Gasteiger partial charge >= 0.3 is 5.97 Å². The van der Waals surface area contributed by atoms with E-state index in [1.165, 1.54) is 4.68 Å². The smallest absolute Gasteiger partial charge is 0.341 e. The van der Waals surface area contributed by atoms with Gasteiger partial charge in [0.25, 0.3) is 0 Å². The number of hydrogen-bond donors (Lipinski definition) is 2. The van der Waals surface area contributed by atoms with Crippen LogP contribution < -0.4 is 5.73 Å². The van der Waals surface area contributed by atoms with Gasteiger partial charge in [-0.25, -0.2) is 9.48 Å². The van der Waals surface area contributed by atoms with Crippen molar-refractivity contribution in [3.63, 3.8) is 0 Å². The molecule has 0 spiro atoms. The molecule has 0 fully saturated rings. The normalized spacial score (nSPS) is 10.6. The second-order valence-electron chi connectivity index (χ2n) is 4.00. The Morgan fingerprint density at radius 3 is 2.61 bits per heavy atom. The van der Waals surface area contributed by atoms with Crippen LogP contribution in [0.5, 0.6) is 0 Å². The molecule has 2 rings (SSSR count). The van der Waals surface area contributed by atoms with E-state index in [0.717, 1.165) is 5.56 Å². The van der Waals surface area contributed by atoms with Crippen LogP contribution in [0, 0.1) is 13.8 Å². The van der Waals surface area contributed by atoms with E-state index in [4.69, 9.17) is 22.4 Å². The summed E-state index contributed by atoms with van der Waals surface area (Å²) in [7, 11) is 0. The zero-order valence-electron chi connectivity index (χ0n) is 9.94. The molecule has 0 aliphatic heterocycles. The lowest BCUT2D eigenvalue weighted by molar-refractivity contribution is 0.0697. The Hall–Kier alpha value is -2.01. The van der Waals surface area contributed by atoms with Crippen LogP contribution in [0.4, 0.5) is 5.82 Å². The number of carboxylic acids is 1. The van der Waals surface area contributed by atoms with E-state index in [2.05, 4.69) is 5.10 Å². The van der Waals surface area contributed by atoms with Gasteiger partial charge < -0.3 is 10.8 Å². The fraction of sp³-hybridized carbons (Fsp3) is 0.167. The molecule has 0 aliphatic rings. The van der Waals surface area contributed by atoms with Crippen LogP contribution in [0.25, 0.3) is 5.69 Å². The van der Waals surface area contributed by atoms with E-state index in [9.17, 15) is 4.79 Å². The molecule has 94 valence electrons. The van der Waals surface area contributed by atoms with Crippen molar-refractivity contribution in [3.8, 4) is 5.69 Å². The maximum absolute atomic E-state index is 11.0. The van der Waals surface area contributed by atoms with Crippen LogP contribution in [-0.4, -0.2) is 20.9 Å². The third kappa shape index (κ3) is 1.93. The molecule has 5 nitrogen and oxygen atoms in total. The Bertz CT molecular complexity index is 634. The zero-order valence-corrected chi connectivity index (χ0v) is 10.7. The average Bonchev–Trinajstić information content (AvgIpc) is 2.58. The Morgan fingerprint density at radius 1 is 1.44 bits per heavy atom. The molecule has 0 saturated heterocycles. The van der Waals surface area contributed by atoms with Gasteiger partial charge in [0.05, 0.1) is 11.4 Å². The minimum Gasteiger partial charge on any atom is -0.477 e. The Kier molecular flexibility index (Phi) is 3.00. The largest absolute Gasteiger partial charge is 0.477 e. The van der Waals surface area contributed by atoms with Crippen LogP contribution in [0.1, 0.15) is 21.6 Å². The van der Waals surface area contributed by atoms with E-state index < -0.39 is 5.97 Å². The number of rotatable bonds is 2. The minimum absolute atomic E-state index is 0.0201. The van der Waals surface area contributed by atoms with Crippen molar-refractivity contribution < 1.29 is 9.90 Å². The van der Waals surface area contributed by atoms with Crippen molar-refractivity contribution in [2.45, 2.75) is 13.8 Å². The lowest BCUT2D eigenvalue weighted by Crippen LogP contribution is -2.05. The number of nitrogens with zero attached hydrogens (tertiary/aromatic N) is 2. The summed E-state index contributed by atoms with van der Waals surface area (Å²) in [6.07, 6.45) is 0. The van der Waals surface area contributed by atoms with Crippen molar-refractivity contribution in [2.24, 2.45) is 0 Å². The first-order valence-electron chi connectivity index (χ1n) is 5.26. The number of aromatic nitrogens is 2. The highest BCUT2D eigenvalue weighted by molar-refractivity contribution is 6.31. The maximum Gasteiger partial charge on any atom is 0.341 e. The summed E-state index contributed by atoms with van der Waals surface area (Å²) in [5, 5.41) is 13.8. The Labute approximate surface area is 109 Å². The Balaban J connectivity index is 2.61. The van der Waals surface area contributed by atoms with Crippen molar-refractivity contribution in [2.75, 3.05) is 5.73 Å². The molecule has 2 aromatic rings. The number of carboxylic acid groups (broad SMARTS) is 1. The van der Waals surface area contributed by atoms with Gasteiger partial charge in [0, 0.05) is 5.02 Å². The lowest BCUT2D eigenvalue weighted by Gasteiger charge is -2.06. The number of nitrogens with two attached hydrogens (primary N) is 1. The van der Waals surface area contributed by atoms with Crippen LogP contribution >= 0.6 is 11.6 Å². The molecule has 0 amide bonds. The van der Waals surface area contributed by atoms with Crippen molar-refractivity contribution in [1.29, 1.82) is 0 Å². The Morgan fingerprint density at radius 2 is 2.11 bits per heavy atom. The van der Waals surface area contributed by atoms with Crippen molar-refractivity contribution in [3.05, 3.63) is 40.0 Å². The first-order chi connectivity index (χ1) is 8.41. The third-order valence-electron chi connectivity index (χ3n) is 2.71. The van der Waals surface area contributed by atoms with E-state index >= 15 is 0 Å². The number of anilines is 1. The molecule has 0 saturated carbocycles. The molecule has 1 heterocycles. The number of carbonyl (C=O) groups is 1. The van der Waals surface area contributed by atoms with Gasteiger partial charge in [-0.3, -0.25) is 0 Å². The molecule has 0 bridgehead atoms. The molecular formula is C12H12ClN3O2. The average molecular weight is 266 g/mol. The highest BCUT2D eigenvalue weighted by Gasteiger charge is 2.19. The van der Waals surface area contributed by atoms with Crippen molar-refractivity contribution >= 4 is 23.4 Å². The van der Waals surface area contributed by atoms with Gasteiger partial charge in [-0.05, 0) is 31.5 Å². The molecule has 6 heteroatoms. The number of nitrogen functional groups attached to an aromatic ring is 1. The van der Waals surface area contributed by atoms with Gasteiger partial charge in [0.1, 0.15) is 11.4 Å². The molecule has 1 aromatic heterocycles. The number of aromatic carboxylic acids is 1. The monoisotopic (exact) mass is 265 g/mol. The third-order valence-corrected chi connectivity index (χ3v) is 3.12. The summed E-state index contributed by atoms with van der Waals surface area (Å²) in [6.45, 7) is 3.48. The zero-order chi connectivity index (χ0) is 13.4. The second-order valence-corrected chi connectivity index (χ2v) is 4.40. The highest BCUT2D eigenvalue weighted by Crippen LogP contribution is 2.24. The minimum atomic E-state index is -1.09. The van der Waals surface area contributed by atoms with Crippen molar-refractivity contribution in [1.82, 2.24) is 9.78 Å². The van der Waals surface area contributed by atoms with E-state index in [1.807, 2.05) is 13.0 Å². The van der Waals surface area contributed by atoms with Gasteiger partial charge in [0.15, 0.2) is 0 Å². The topological polar surface area (TPSA) is 81.1 Å². The summed E-state index contributed by atoms with van der Waals surface area (Å²) < 4.78 is 1.38. The SMILES string of the molecule is Cc1ccc(-n2nc(C)c(C(=O)O)c2N)cc1Cl. The predicted molar refractivity (Wildman–Crippen MR) is 69.4 cm³/mol. The van der Waals surface area contributed by atoms with E-state index in [0.29, 0.717) is 16.4 Å². The molecule has 18 heavy (non-hydrogen) atoms. The highest BCUT2D eigenvalue weighted by atomic mass is 35.5. The number of benzene rings is 1. The first-order valence-corrected chi connectivity index (χ1v) is 5.64. The van der Waals surface area contributed by atoms with Gasteiger partial charge in [-0.1, -0.05) is 17.7 Å². The molecule has 0 atom stereocenters. The van der Waals surface area contributed by atoms with Gasteiger partial charge in [-0.2, -0.15) is 5.10 Å². The molecule has 0 radical (unpaired) electrons. The van der Waals surface area contributed by atoms with Crippen LogP contribution in [0.2, 0.25) is 5.02 Å². The fourth-order valence-corrected chi connectivity index (χ4v) is 1.89. The number of halogens is 1.